The molecule has 156 valence electrons. The first-order chi connectivity index (χ1) is 15.0. The van der Waals surface area contributed by atoms with Crippen LogP contribution in [0.15, 0.2) is 79.0 Å². The van der Waals surface area contributed by atoms with Gasteiger partial charge in [-0.1, -0.05) is 42.5 Å². The minimum atomic E-state index is -0.841. The lowest BCUT2D eigenvalue weighted by Crippen LogP contribution is -2.45. The fourth-order valence-corrected chi connectivity index (χ4v) is 3.53. The Morgan fingerprint density at radius 2 is 1.81 bits per heavy atom. The van der Waals surface area contributed by atoms with Gasteiger partial charge in [0.25, 0.3) is 5.91 Å². The summed E-state index contributed by atoms with van der Waals surface area (Å²) in [7, 11) is 0. The summed E-state index contributed by atoms with van der Waals surface area (Å²) in [4.78, 5) is 29.3. The van der Waals surface area contributed by atoms with Gasteiger partial charge in [-0.25, -0.2) is 4.39 Å². The molecule has 3 N–H and O–H groups in total. The maximum Gasteiger partial charge on any atom is 0.252 e. The normalized spacial score (nSPS) is 11.8. The number of anilines is 1. The van der Waals surface area contributed by atoms with Crippen LogP contribution < -0.4 is 10.6 Å². The van der Waals surface area contributed by atoms with Crippen LogP contribution >= 0.6 is 0 Å². The van der Waals surface area contributed by atoms with Gasteiger partial charge in [-0.05, 0) is 48.4 Å². The van der Waals surface area contributed by atoms with E-state index in [1.807, 2.05) is 42.5 Å². The summed E-state index contributed by atoms with van der Waals surface area (Å²) >= 11 is 0. The molecule has 1 aromatic heterocycles. The minimum absolute atomic E-state index is 0.301. The number of fused-ring (bicyclic) bond motifs is 1. The quantitative estimate of drug-likeness (QED) is 0.431. The number of aromatic amines is 1. The van der Waals surface area contributed by atoms with Crippen molar-refractivity contribution in [2.45, 2.75) is 19.4 Å². The summed E-state index contributed by atoms with van der Waals surface area (Å²) in [6, 6.07) is 20.0. The van der Waals surface area contributed by atoms with E-state index in [9.17, 15) is 14.0 Å². The second-order valence-corrected chi connectivity index (χ2v) is 7.41. The molecule has 0 saturated carbocycles. The number of carbonyl (C=O) groups is 2. The second kappa shape index (κ2) is 8.83. The number of carbonyl (C=O) groups excluding carboxylic acids is 2. The lowest BCUT2D eigenvalue weighted by Gasteiger charge is -2.20. The van der Waals surface area contributed by atoms with Crippen molar-refractivity contribution in [1.82, 2.24) is 10.3 Å². The topological polar surface area (TPSA) is 74.0 Å². The summed E-state index contributed by atoms with van der Waals surface area (Å²) < 4.78 is 13.7. The van der Waals surface area contributed by atoms with E-state index in [-0.39, 0.29) is 5.91 Å². The van der Waals surface area contributed by atoms with Crippen LogP contribution in [0.3, 0.4) is 0 Å². The van der Waals surface area contributed by atoms with Crippen molar-refractivity contribution in [3.63, 3.8) is 0 Å². The Morgan fingerprint density at radius 3 is 2.61 bits per heavy atom. The molecule has 3 aromatic carbocycles. The average Bonchev–Trinajstić information content (AvgIpc) is 3.25. The molecule has 1 unspecified atom stereocenters. The van der Waals surface area contributed by atoms with Crippen molar-refractivity contribution >= 4 is 28.4 Å². The monoisotopic (exact) mass is 415 g/mol. The van der Waals surface area contributed by atoms with Gasteiger partial charge in [0.1, 0.15) is 11.9 Å². The summed E-state index contributed by atoms with van der Waals surface area (Å²) in [5.41, 5.74) is 3.33. The molecule has 5 nitrogen and oxygen atoms in total. The molecular weight excluding hydrogens is 393 g/mol. The number of halogens is 1. The molecular formula is C25H22FN3O2. The van der Waals surface area contributed by atoms with Crippen molar-refractivity contribution in [2.24, 2.45) is 0 Å². The molecule has 0 fully saturated rings. The van der Waals surface area contributed by atoms with Gasteiger partial charge in [-0.15, -0.1) is 0 Å². The molecule has 0 spiro atoms. The van der Waals surface area contributed by atoms with Crippen molar-refractivity contribution in [2.75, 3.05) is 5.32 Å². The molecule has 1 atom stereocenters. The highest BCUT2D eigenvalue weighted by molar-refractivity contribution is 6.08. The molecule has 0 aliphatic rings. The maximum absolute atomic E-state index is 13.7. The number of aromatic nitrogens is 1. The Labute approximate surface area is 179 Å². The van der Waals surface area contributed by atoms with E-state index >= 15 is 0 Å². The van der Waals surface area contributed by atoms with Gasteiger partial charge >= 0.3 is 0 Å². The van der Waals surface area contributed by atoms with Crippen LogP contribution in [0, 0.1) is 12.7 Å². The molecule has 0 bridgehead atoms. The molecule has 0 aliphatic heterocycles. The van der Waals surface area contributed by atoms with E-state index in [0.29, 0.717) is 17.7 Å². The highest BCUT2D eigenvalue weighted by Crippen LogP contribution is 2.19. The second-order valence-electron chi connectivity index (χ2n) is 7.41. The number of benzene rings is 3. The van der Waals surface area contributed by atoms with Gasteiger partial charge in [-0.2, -0.15) is 0 Å². The molecule has 0 aliphatic carbocycles. The Morgan fingerprint density at radius 1 is 1.00 bits per heavy atom. The SMILES string of the molecule is Cc1ccc(F)cc1NC(=O)C(Cc1ccccc1)NC(=O)c1cccc2[nH]ccc12. The zero-order valence-electron chi connectivity index (χ0n) is 17.0. The Bertz CT molecular complexity index is 1230. The third-order valence-corrected chi connectivity index (χ3v) is 5.20. The fraction of sp³-hybridized carbons (Fsp3) is 0.120. The highest BCUT2D eigenvalue weighted by Gasteiger charge is 2.23. The molecule has 31 heavy (non-hydrogen) atoms. The summed E-state index contributed by atoms with van der Waals surface area (Å²) in [5, 5.41) is 6.40. The smallest absolute Gasteiger partial charge is 0.252 e. The van der Waals surface area contributed by atoms with Crippen molar-refractivity contribution < 1.29 is 14.0 Å². The first-order valence-electron chi connectivity index (χ1n) is 9.99. The van der Waals surface area contributed by atoms with E-state index in [0.717, 1.165) is 22.0 Å². The number of H-pyrrole nitrogens is 1. The van der Waals surface area contributed by atoms with Gasteiger partial charge in [-0.3, -0.25) is 9.59 Å². The molecule has 6 heteroatoms. The van der Waals surface area contributed by atoms with Gasteiger partial charge in [0.05, 0.1) is 0 Å². The van der Waals surface area contributed by atoms with Crippen LogP contribution in [0.4, 0.5) is 10.1 Å². The number of aryl methyl sites for hydroxylation is 1. The molecule has 1 heterocycles. The van der Waals surface area contributed by atoms with E-state index in [1.54, 1.807) is 31.3 Å². The largest absolute Gasteiger partial charge is 0.361 e. The van der Waals surface area contributed by atoms with Crippen LogP contribution in [0.1, 0.15) is 21.5 Å². The van der Waals surface area contributed by atoms with Crippen LogP contribution in [0.2, 0.25) is 0 Å². The summed E-state index contributed by atoms with van der Waals surface area (Å²) in [5.74, 6) is -1.20. The van der Waals surface area contributed by atoms with Crippen molar-refractivity contribution in [1.29, 1.82) is 0 Å². The molecule has 4 rings (SSSR count). The predicted molar refractivity (Wildman–Crippen MR) is 119 cm³/mol. The standard InChI is InChI=1S/C25H22FN3O2/c1-16-10-11-18(26)15-22(16)28-25(31)23(14-17-6-3-2-4-7-17)29-24(30)20-8-5-9-21-19(20)12-13-27-21/h2-13,15,23,27H,14H2,1H3,(H,28,31)(H,29,30). The van der Waals surface area contributed by atoms with Gasteiger partial charge < -0.3 is 15.6 Å². The number of rotatable bonds is 6. The minimum Gasteiger partial charge on any atom is -0.361 e. The number of amides is 2. The van der Waals surface area contributed by atoms with Gasteiger partial charge in [0, 0.05) is 34.8 Å². The van der Waals surface area contributed by atoms with E-state index < -0.39 is 17.8 Å². The summed E-state index contributed by atoms with van der Waals surface area (Å²) in [6.07, 6.45) is 2.07. The number of hydrogen-bond donors (Lipinski definition) is 3. The maximum atomic E-state index is 13.7. The predicted octanol–water partition coefficient (Wildman–Crippen LogP) is 4.60. The lowest BCUT2D eigenvalue weighted by atomic mass is 10.0. The van der Waals surface area contributed by atoms with Crippen LogP contribution in [-0.4, -0.2) is 22.8 Å². The van der Waals surface area contributed by atoms with Crippen molar-refractivity contribution in [3.8, 4) is 0 Å². The van der Waals surface area contributed by atoms with E-state index in [2.05, 4.69) is 15.6 Å². The van der Waals surface area contributed by atoms with Crippen LogP contribution in [0.5, 0.6) is 0 Å². The van der Waals surface area contributed by atoms with Gasteiger partial charge in [0.15, 0.2) is 0 Å². The molecule has 0 saturated heterocycles. The Hall–Kier alpha value is -3.93. The van der Waals surface area contributed by atoms with E-state index in [1.165, 1.54) is 12.1 Å². The van der Waals surface area contributed by atoms with E-state index in [4.69, 9.17) is 0 Å². The zero-order chi connectivity index (χ0) is 21.8. The average molecular weight is 415 g/mol. The van der Waals surface area contributed by atoms with Crippen LogP contribution in [0.25, 0.3) is 10.9 Å². The number of hydrogen-bond acceptors (Lipinski definition) is 2. The van der Waals surface area contributed by atoms with Crippen molar-refractivity contribution in [3.05, 3.63) is 102 Å². The Balaban J connectivity index is 1.60. The fourth-order valence-electron chi connectivity index (χ4n) is 3.53. The molecule has 2 amide bonds. The lowest BCUT2D eigenvalue weighted by molar-refractivity contribution is -0.118. The zero-order valence-corrected chi connectivity index (χ0v) is 17.0. The third-order valence-electron chi connectivity index (χ3n) is 5.20. The number of nitrogens with one attached hydrogen (secondary N) is 3. The van der Waals surface area contributed by atoms with Crippen LogP contribution in [-0.2, 0) is 11.2 Å². The first-order valence-corrected chi connectivity index (χ1v) is 9.99. The third kappa shape index (κ3) is 4.64. The van der Waals surface area contributed by atoms with Gasteiger partial charge in [0.2, 0.25) is 5.91 Å². The molecule has 4 aromatic rings. The highest BCUT2D eigenvalue weighted by atomic mass is 19.1. The molecule has 0 radical (unpaired) electrons. The first kappa shape index (κ1) is 20.3. The summed E-state index contributed by atoms with van der Waals surface area (Å²) in [6.45, 7) is 1.78. The Kier molecular flexibility index (Phi) is 5.80.